The molecule has 0 aromatic carbocycles. The van der Waals surface area contributed by atoms with Gasteiger partial charge in [-0.05, 0) is 55.8 Å². The van der Waals surface area contributed by atoms with Crippen LogP contribution in [0.25, 0.3) is 10.9 Å². The third kappa shape index (κ3) is 3.73. The van der Waals surface area contributed by atoms with E-state index in [1.807, 2.05) is 31.5 Å². The number of hydrogen-bond acceptors (Lipinski definition) is 6. The summed E-state index contributed by atoms with van der Waals surface area (Å²) in [6.45, 7) is 6.56. The molecular weight excluding hydrogens is 449 g/mol. The molecule has 8 nitrogen and oxygen atoms in total. The van der Waals surface area contributed by atoms with E-state index in [9.17, 15) is 4.79 Å². The largest absolute Gasteiger partial charge is 0.444 e. The lowest BCUT2D eigenvalue weighted by Gasteiger charge is -2.28. The molecule has 1 aliphatic rings. The first kappa shape index (κ1) is 19.2. The number of methoxy groups -OCH3 is 1. The highest BCUT2D eigenvalue weighted by atomic mass is 127. The first-order valence-electron chi connectivity index (χ1n) is 8.48. The SMILES string of the molecule is COC[C@H]1CC(n2nc(I)c3c(N)nccc32)CN1C(=O)OC(C)(C)C. The Labute approximate surface area is 166 Å². The first-order valence-corrected chi connectivity index (χ1v) is 9.56. The van der Waals surface area contributed by atoms with Crippen molar-refractivity contribution in [2.75, 3.05) is 26.0 Å². The zero-order valence-electron chi connectivity index (χ0n) is 15.4. The summed E-state index contributed by atoms with van der Waals surface area (Å²) in [6, 6.07) is 1.87. The monoisotopic (exact) mass is 473 g/mol. The van der Waals surface area contributed by atoms with Gasteiger partial charge in [-0.15, -0.1) is 0 Å². The van der Waals surface area contributed by atoms with Crippen molar-refractivity contribution in [3.05, 3.63) is 16.0 Å². The van der Waals surface area contributed by atoms with Crippen molar-refractivity contribution >= 4 is 45.4 Å². The predicted molar refractivity (Wildman–Crippen MR) is 107 cm³/mol. The van der Waals surface area contributed by atoms with Crippen molar-refractivity contribution in [3.63, 3.8) is 0 Å². The van der Waals surface area contributed by atoms with E-state index in [0.29, 0.717) is 19.0 Å². The number of ether oxygens (including phenoxy) is 2. The number of anilines is 1. The Kier molecular flexibility index (Phi) is 5.29. The Hall–Kier alpha value is -1.62. The van der Waals surface area contributed by atoms with Gasteiger partial charge in [0.05, 0.1) is 29.6 Å². The van der Waals surface area contributed by atoms with Gasteiger partial charge in [0.25, 0.3) is 0 Å². The van der Waals surface area contributed by atoms with Gasteiger partial charge < -0.3 is 20.1 Å². The minimum absolute atomic E-state index is 0.0236. The molecule has 3 rings (SSSR count). The smallest absolute Gasteiger partial charge is 0.410 e. The minimum Gasteiger partial charge on any atom is -0.444 e. The number of hydrogen-bond donors (Lipinski definition) is 1. The van der Waals surface area contributed by atoms with Gasteiger partial charge >= 0.3 is 6.09 Å². The Balaban J connectivity index is 1.91. The van der Waals surface area contributed by atoms with E-state index in [4.69, 9.17) is 15.2 Å². The average molecular weight is 473 g/mol. The van der Waals surface area contributed by atoms with Gasteiger partial charge in [-0.2, -0.15) is 5.10 Å². The van der Waals surface area contributed by atoms with E-state index in [1.54, 1.807) is 18.2 Å². The lowest BCUT2D eigenvalue weighted by atomic mass is 10.2. The van der Waals surface area contributed by atoms with Crippen molar-refractivity contribution in [1.29, 1.82) is 0 Å². The van der Waals surface area contributed by atoms with Crippen LogP contribution in [0.1, 0.15) is 33.2 Å². The molecule has 1 unspecified atom stereocenters. The Morgan fingerprint density at radius 1 is 1.46 bits per heavy atom. The highest BCUT2D eigenvalue weighted by Gasteiger charge is 2.39. The summed E-state index contributed by atoms with van der Waals surface area (Å²) in [5.41, 5.74) is 6.40. The second kappa shape index (κ2) is 7.18. The summed E-state index contributed by atoms with van der Waals surface area (Å²) in [7, 11) is 1.64. The van der Waals surface area contributed by atoms with E-state index < -0.39 is 5.60 Å². The summed E-state index contributed by atoms with van der Waals surface area (Å²) in [6.07, 6.45) is 2.09. The zero-order valence-corrected chi connectivity index (χ0v) is 17.6. The van der Waals surface area contributed by atoms with Crippen molar-refractivity contribution < 1.29 is 14.3 Å². The Bertz CT molecular complexity index is 817. The van der Waals surface area contributed by atoms with Gasteiger partial charge in [0.15, 0.2) is 0 Å². The molecule has 0 saturated carbocycles. The molecule has 0 aliphatic carbocycles. The van der Waals surface area contributed by atoms with Crippen molar-refractivity contribution in [2.45, 2.75) is 44.9 Å². The predicted octanol–water partition coefficient (Wildman–Crippen LogP) is 2.82. The fourth-order valence-corrected chi connectivity index (χ4v) is 4.10. The lowest BCUT2D eigenvalue weighted by Crippen LogP contribution is -2.41. The van der Waals surface area contributed by atoms with E-state index in [1.165, 1.54) is 0 Å². The standard InChI is InChI=1S/C17H24IN5O3/c1-17(2,3)26-16(24)22-8-10(7-11(22)9-25-4)23-12-5-6-20-15(19)13(12)14(18)21-23/h5-6,10-11H,7-9H2,1-4H3,(H2,19,20)/t10?,11-/m1/s1. The third-order valence-electron chi connectivity index (χ3n) is 4.33. The number of halogens is 1. The topological polar surface area (TPSA) is 95.5 Å². The summed E-state index contributed by atoms with van der Waals surface area (Å²) < 4.78 is 13.6. The van der Waals surface area contributed by atoms with Crippen LogP contribution in [0.4, 0.5) is 10.6 Å². The molecule has 26 heavy (non-hydrogen) atoms. The van der Waals surface area contributed by atoms with Gasteiger partial charge in [-0.1, -0.05) is 0 Å². The maximum Gasteiger partial charge on any atom is 0.410 e. The highest BCUT2D eigenvalue weighted by molar-refractivity contribution is 14.1. The second-order valence-electron chi connectivity index (χ2n) is 7.46. The van der Waals surface area contributed by atoms with Crippen LogP contribution in [0, 0.1) is 3.70 Å². The molecule has 1 amide bonds. The van der Waals surface area contributed by atoms with Crippen LogP contribution in [0.2, 0.25) is 0 Å². The van der Waals surface area contributed by atoms with Crippen molar-refractivity contribution in [3.8, 4) is 0 Å². The summed E-state index contributed by atoms with van der Waals surface area (Å²) >= 11 is 2.17. The maximum absolute atomic E-state index is 12.6. The summed E-state index contributed by atoms with van der Waals surface area (Å²) in [5.74, 6) is 0.466. The van der Waals surface area contributed by atoms with Crippen LogP contribution in [-0.2, 0) is 9.47 Å². The van der Waals surface area contributed by atoms with Gasteiger partial charge in [0.2, 0.25) is 0 Å². The number of carbonyl (C=O) groups excluding carboxylic acids is 1. The summed E-state index contributed by atoms with van der Waals surface area (Å²) in [5, 5.41) is 5.51. The Morgan fingerprint density at radius 2 is 2.19 bits per heavy atom. The molecule has 3 heterocycles. The number of nitrogen functional groups attached to an aromatic ring is 1. The molecule has 0 spiro atoms. The number of nitrogens with zero attached hydrogens (tertiary/aromatic N) is 4. The second-order valence-corrected chi connectivity index (χ2v) is 8.48. The normalized spacial score (nSPS) is 20.7. The number of amides is 1. The number of nitrogens with two attached hydrogens (primary N) is 1. The van der Waals surface area contributed by atoms with Crippen molar-refractivity contribution in [1.82, 2.24) is 19.7 Å². The fourth-order valence-electron chi connectivity index (χ4n) is 3.31. The van der Waals surface area contributed by atoms with E-state index in [2.05, 4.69) is 32.7 Å². The van der Waals surface area contributed by atoms with Crippen LogP contribution in [-0.4, -0.2) is 57.7 Å². The molecule has 1 aliphatic heterocycles. The molecule has 142 valence electrons. The number of rotatable bonds is 3. The van der Waals surface area contributed by atoms with E-state index in [0.717, 1.165) is 21.0 Å². The van der Waals surface area contributed by atoms with Crippen LogP contribution < -0.4 is 5.73 Å². The lowest BCUT2D eigenvalue weighted by molar-refractivity contribution is 0.0145. The van der Waals surface area contributed by atoms with Crippen LogP contribution in [0.5, 0.6) is 0 Å². The third-order valence-corrected chi connectivity index (χ3v) is 5.09. The molecule has 2 atom stereocenters. The first-order chi connectivity index (χ1) is 12.2. The number of carbonyl (C=O) groups is 1. The van der Waals surface area contributed by atoms with E-state index in [-0.39, 0.29) is 18.2 Å². The molecule has 0 bridgehead atoms. The quantitative estimate of drug-likeness (QED) is 0.690. The molecule has 1 fully saturated rings. The van der Waals surface area contributed by atoms with Gasteiger partial charge in [0, 0.05) is 19.9 Å². The van der Waals surface area contributed by atoms with Crippen molar-refractivity contribution in [2.24, 2.45) is 0 Å². The molecule has 2 N–H and O–H groups in total. The molecule has 9 heteroatoms. The number of pyridine rings is 1. The van der Waals surface area contributed by atoms with E-state index >= 15 is 0 Å². The van der Waals surface area contributed by atoms with Crippen LogP contribution in [0.3, 0.4) is 0 Å². The average Bonchev–Trinajstić information content (AvgIpc) is 3.08. The maximum atomic E-state index is 12.6. The van der Waals surface area contributed by atoms with Gasteiger partial charge in [0.1, 0.15) is 15.1 Å². The Morgan fingerprint density at radius 3 is 2.85 bits per heavy atom. The van der Waals surface area contributed by atoms with Gasteiger partial charge in [-0.25, -0.2) is 9.78 Å². The number of aromatic nitrogens is 3. The number of likely N-dealkylation sites (tertiary alicyclic amines) is 1. The molecule has 1 saturated heterocycles. The molecule has 2 aromatic heterocycles. The zero-order chi connectivity index (χ0) is 19.1. The minimum atomic E-state index is -0.541. The fraction of sp³-hybridized carbons (Fsp3) is 0.588. The van der Waals surface area contributed by atoms with Gasteiger partial charge in [-0.3, -0.25) is 4.68 Å². The number of fused-ring (bicyclic) bond motifs is 1. The summed E-state index contributed by atoms with van der Waals surface area (Å²) in [4.78, 5) is 18.5. The van der Waals surface area contributed by atoms with Crippen LogP contribution in [0.15, 0.2) is 12.3 Å². The highest BCUT2D eigenvalue weighted by Crippen LogP contribution is 2.33. The van der Waals surface area contributed by atoms with Crippen LogP contribution >= 0.6 is 22.6 Å². The molecule has 2 aromatic rings. The molecule has 0 radical (unpaired) electrons. The molecular formula is C17H24IN5O3.